The van der Waals surface area contributed by atoms with Crippen LogP contribution in [0.25, 0.3) is 0 Å². The lowest BCUT2D eigenvalue weighted by Gasteiger charge is -2.20. The summed E-state index contributed by atoms with van der Waals surface area (Å²) >= 11 is 0. The van der Waals surface area contributed by atoms with Crippen molar-refractivity contribution in [1.29, 1.82) is 0 Å². The third-order valence-electron chi connectivity index (χ3n) is 5.12. The number of halogens is 5. The number of alkyl halides is 3. The van der Waals surface area contributed by atoms with Gasteiger partial charge >= 0.3 is 12.3 Å². The van der Waals surface area contributed by atoms with E-state index in [-0.39, 0.29) is 16.8 Å². The molecular formula is C26H23F5N2O5. The van der Waals surface area contributed by atoms with Crippen LogP contribution in [0.15, 0.2) is 59.7 Å². The first-order valence-electron chi connectivity index (χ1n) is 11.2. The minimum absolute atomic E-state index is 0.0213. The predicted molar refractivity (Wildman–Crippen MR) is 125 cm³/mol. The summed E-state index contributed by atoms with van der Waals surface area (Å²) in [6, 6.07) is 7.14. The summed E-state index contributed by atoms with van der Waals surface area (Å²) in [4.78, 5) is 41.5. The van der Waals surface area contributed by atoms with Gasteiger partial charge in [-0.25, -0.2) is 8.78 Å². The Morgan fingerprint density at radius 2 is 1.74 bits per heavy atom. The van der Waals surface area contributed by atoms with Crippen LogP contribution in [0.1, 0.15) is 54.7 Å². The highest BCUT2D eigenvalue weighted by molar-refractivity contribution is 5.96. The van der Waals surface area contributed by atoms with Crippen LogP contribution >= 0.6 is 0 Å². The van der Waals surface area contributed by atoms with E-state index >= 15 is 0 Å². The normalized spacial score (nSPS) is 12.6. The molecule has 0 aliphatic carbocycles. The van der Waals surface area contributed by atoms with E-state index in [9.17, 15) is 36.3 Å². The Labute approximate surface area is 213 Å². The maximum absolute atomic E-state index is 14.6. The van der Waals surface area contributed by atoms with Gasteiger partial charge in [-0.1, -0.05) is 6.07 Å². The third-order valence-corrected chi connectivity index (χ3v) is 5.12. The zero-order valence-electron chi connectivity index (χ0n) is 20.5. The van der Waals surface area contributed by atoms with E-state index in [1.807, 2.05) is 0 Å². The Morgan fingerprint density at radius 3 is 2.34 bits per heavy atom. The standard InChI is InChI=1S/C26H23F5N2O5/c1-25(2,3)38-23(36)14-33-13-16(7-9-22(33)35)20(34)12-17(24-18(27)5-4-10-32-24)15-6-8-21(19(28)11-15)37-26(29,30)31/h4-11,13,17H,12,14H2,1-3H3/t17-/m0/s1. The number of nitrogens with zero attached hydrogens (tertiary/aromatic N) is 2. The summed E-state index contributed by atoms with van der Waals surface area (Å²) in [5.41, 5.74) is -1.68. The van der Waals surface area contributed by atoms with Gasteiger partial charge in [-0.05, 0) is 56.7 Å². The zero-order valence-corrected chi connectivity index (χ0v) is 20.5. The van der Waals surface area contributed by atoms with Gasteiger partial charge in [0.1, 0.15) is 18.0 Å². The molecule has 0 bridgehead atoms. The monoisotopic (exact) mass is 538 g/mol. The molecule has 3 aromatic rings. The minimum atomic E-state index is -5.13. The van der Waals surface area contributed by atoms with Crippen LogP contribution in [0, 0.1) is 11.6 Å². The van der Waals surface area contributed by atoms with Gasteiger partial charge in [-0.2, -0.15) is 0 Å². The van der Waals surface area contributed by atoms with Crippen molar-refractivity contribution in [2.75, 3.05) is 0 Å². The molecule has 0 saturated heterocycles. The fraction of sp³-hybridized carbons (Fsp3) is 0.308. The predicted octanol–water partition coefficient (Wildman–Crippen LogP) is 5.17. The number of carbonyl (C=O) groups excluding carboxylic acids is 2. The fourth-order valence-electron chi connectivity index (χ4n) is 3.60. The molecule has 38 heavy (non-hydrogen) atoms. The van der Waals surface area contributed by atoms with Crippen LogP contribution in [0.2, 0.25) is 0 Å². The molecule has 7 nitrogen and oxygen atoms in total. The lowest BCUT2D eigenvalue weighted by Crippen LogP contribution is -2.30. The van der Waals surface area contributed by atoms with Gasteiger partial charge in [-0.15, -0.1) is 13.2 Å². The van der Waals surface area contributed by atoms with Gasteiger partial charge in [-0.3, -0.25) is 19.4 Å². The molecule has 12 heteroatoms. The molecule has 0 radical (unpaired) electrons. The highest BCUT2D eigenvalue weighted by atomic mass is 19.4. The van der Waals surface area contributed by atoms with Crippen LogP contribution in [0.4, 0.5) is 22.0 Å². The minimum Gasteiger partial charge on any atom is -0.459 e. The molecule has 1 aromatic carbocycles. The summed E-state index contributed by atoms with van der Waals surface area (Å²) in [5.74, 6) is -5.84. The number of hydrogen-bond acceptors (Lipinski definition) is 6. The first kappa shape index (κ1) is 28.5. The molecule has 2 heterocycles. The Bertz CT molecular complexity index is 1400. The van der Waals surface area contributed by atoms with E-state index in [0.717, 1.165) is 35.0 Å². The van der Waals surface area contributed by atoms with Crippen molar-refractivity contribution in [3.8, 4) is 5.75 Å². The first-order valence-corrected chi connectivity index (χ1v) is 11.2. The molecule has 0 saturated carbocycles. The van der Waals surface area contributed by atoms with Crippen molar-refractivity contribution in [2.45, 2.75) is 51.6 Å². The highest BCUT2D eigenvalue weighted by Gasteiger charge is 2.33. The molecule has 1 atom stereocenters. The second-order valence-electron chi connectivity index (χ2n) is 9.26. The number of benzene rings is 1. The van der Waals surface area contributed by atoms with E-state index < -0.39 is 65.5 Å². The number of pyridine rings is 2. The van der Waals surface area contributed by atoms with Crippen LogP contribution < -0.4 is 10.3 Å². The molecule has 0 N–H and O–H groups in total. The van der Waals surface area contributed by atoms with E-state index in [1.165, 1.54) is 18.3 Å². The number of Topliss-reactive ketones (excluding diaryl/α,β-unsaturated/α-hetero) is 1. The van der Waals surface area contributed by atoms with E-state index in [1.54, 1.807) is 20.8 Å². The SMILES string of the molecule is CC(C)(C)OC(=O)Cn1cc(C(=O)C[C@@H](c2ccc(OC(F)(F)F)c(F)c2)c2ncccc2F)ccc1=O. The molecule has 3 rings (SSSR count). The molecular weight excluding hydrogens is 515 g/mol. The second-order valence-corrected chi connectivity index (χ2v) is 9.26. The number of hydrogen-bond donors (Lipinski definition) is 0. The smallest absolute Gasteiger partial charge is 0.459 e. The summed E-state index contributed by atoms with van der Waals surface area (Å²) in [6.45, 7) is 4.47. The van der Waals surface area contributed by atoms with Crippen LogP contribution in [-0.4, -0.2) is 33.3 Å². The highest BCUT2D eigenvalue weighted by Crippen LogP contribution is 2.33. The topological polar surface area (TPSA) is 87.5 Å². The average molecular weight is 538 g/mol. The number of aromatic nitrogens is 2. The van der Waals surface area contributed by atoms with Crippen LogP contribution in [-0.2, 0) is 16.1 Å². The summed E-state index contributed by atoms with van der Waals surface area (Å²) < 4.78 is 76.5. The van der Waals surface area contributed by atoms with Gasteiger partial charge in [0.2, 0.25) is 0 Å². The van der Waals surface area contributed by atoms with Crippen LogP contribution in [0.3, 0.4) is 0 Å². The van der Waals surface area contributed by atoms with Crippen molar-refractivity contribution in [1.82, 2.24) is 9.55 Å². The quantitative estimate of drug-likeness (QED) is 0.224. The molecule has 0 aliphatic rings. The summed E-state index contributed by atoms with van der Waals surface area (Å²) in [7, 11) is 0. The van der Waals surface area contributed by atoms with Crippen molar-refractivity contribution in [2.24, 2.45) is 0 Å². The Kier molecular flexibility index (Phi) is 8.33. The molecule has 2 aromatic heterocycles. The third kappa shape index (κ3) is 7.70. The Hall–Kier alpha value is -4.09. The Morgan fingerprint density at radius 1 is 1.03 bits per heavy atom. The number of ether oxygens (including phenoxy) is 2. The molecule has 0 spiro atoms. The summed E-state index contributed by atoms with van der Waals surface area (Å²) in [6.07, 6.45) is -3.24. The Balaban J connectivity index is 1.94. The lowest BCUT2D eigenvalue weighted by molar-refractivity contribution is -0.275. The van der Waals surface area contributed by atoms with E-state index in [4.69, 9.17) is 4.74 Å². The zero-order chi connectivity index (χ0) is 28.3. The van der Waals surface area contributed by atoms with Gasteiger partial charge in [0.25, 0.3) is 5.56 Å². The molecule has 0 unspecified atom stereocenters. The van der Waals surface area contributed by atoms with Gasteiger partial charge in [0.15, 0.2) is 17.3 Å². The van der Waals surface area contributed by atoms with Gasteiger partial charge < -0.3 is 14.0 Å². The van der Waals surface area contributed by atoms with Crippen molar-refractivity contribution < 1.29 is 41.0 Å². The van der Waals surface area contributed by atoms with Crippen molar-refractivity contribution in [3.05, 3.63) is 93.7 Å². The van der Waals surface area contributed by atoms with Gasteiger partial charge in [0, 0.05) is 36.4 Å². The number of rotatable bonds is 8. The molecule has 0 fully saturated rings. The van der Waals surface area contributed by atoms with Crippen LogP contribution in [0.5, 0.6) is 5.75 Å². The number of carbonyl (C=O) groups is 2. The van der Waals surface area contributed by atoms with Crippen molar-refractivity contribution in [3.63, 3.8) is 0 Å². The number of esters is 1. The molecule has 0 aliphatic heterocycles. The van der Waals surface area contributed by atoms with Crippen molar-refractivity contribution >= 4 is 11.8 Å². The molecule has 0 amide bonds. The van der Waals surface area contributed by atoms with E-state index in [2.05, 4.69) is 9.72 Å². The van der Waals surface area contributed by atoms with E-state index in [0.29, 0.717) is 6.07 Å². The number of ketones is 1. The first-order chi connectivity index (χ1) is 17.6. The maximum Gasteiger partial charge on any atom is 0.573 e. The second kappa shape index (κ2) is 11.1. The molecule has 202 valence electrons. The lowest BCUT2D eigenvalue weighted by atomic mass is 9.88. The van der Waals surface area contributed by atoms with Gasteiger partial charge in [0.05, 0.1) is 5.69 Å². The fourth-order valence-corrected chi connectivity index (χ4v) is 3.60. The summed E-state index contributed by atoms with van der Waals surface area (Å²) in [5, 5.41) is 0. The largest absolute Gasteiger partial charge is 0.573 e. The average Bonchev–Trinajstić information content (AvgIpc) is 2.78. The maximum atomic E-state index is 14.6.